The number of hydrogen-bond donors (Lipinski definition) is 1. The molecule has 0 bridgehead atoms. The molecule has 0 aliphatic heterocycles. The zero-order valence-electron chi connectivity index (χ0n) is 11.0. The van der Waals surface area contributed by atoms with E-state index in [0.717, 1.165) is 18.4 Å². The van der Waals surface area contributed by atoms with Gasteiger partial charge in [-0.05, 0) is 36.3 Å². The lowest BCUT2D eigenvalue weighted by molar-refractivity contribution is -0.147. The van der Waals surface area contributed by atoms with Crippen LogP contribution in [-0.4, -0.2) is 24.8 Å². The van der Waals surface area contributed by atoms with Crippen LogP contribution >= 0.6 is 0 Å². The first-order valence-corrected chi connectivity index (χ1v) is 6.43. The van der Waals surface area contributed by atoms with Gasteiger partial charge in [0.05, 0.1) is 12.0 Å². The van der Waals surface area contributed by atoms with Gasteiger partial charge in [-0.15, -0.1) is 0 Å². The van der Waals surface area contributed by atoms with Gasteiger partial charge >= 0.3 is 5.97 Å². The second-order valence-corrected chi connectivity index (χ2v) is 5.14. The molecule has 1 N–H and O–H groups in total. The van der Waals surface area contributed by atoms with E-state index < -0.39 is 11.4 Å². The van der Waals surface area contributed by atoms with Gasteiger partial charge in [0.2, 0.25) is 0 Å². The maximum Gasteiger partial charge on any atom is 0.314 e. The Morgan fingerprint density at radius 3 is 2.89 bits per heavy atom. The average Bonchev–Trinajstić information content (AvgIpc) is 2.37. The fourth-order valence-electron chi connectivity index (χ4n) is 3.20. The van der Waals surface area contributed by atoms with E-state index in [4.69, 9.17) is 4.74 Å². The lowest BCUT2D eigenvalue weighted by Gasteiger charge is -2.40. The fraction of sp³-hybridized carbons (Fsp3) is 0.533. The predicted octanol–water partition coefficient (Wildman–Crippen LogP) is 2.63. The van der Waals surface area contributed by atoms with Crippen LogP contribution in [0.1, 0.15) is 30.9 Å². The SMILES string of the molecule is COCC(C)C1(C(=O)O)CCCc2ccccc21. The van der Waals surface area contributed by atoms with Crippen LogP contribution in [0.15, 0.2) is 24.3 Å². The number of hydrogen-bond acceptors (Lipinski definition) is 2. The minimum absolute atomic E-state index is 0.0264. The smallest absolute Gasteiger partial charge is 0.314 e. The summed E-state index contributed by atoms with van der Waals surface area (Å²) < 4.78 is 5.18. The summed E-state index contributed by atoms with van der Waals surface area (Å²) in [6.45, 7) is 2.44. The van der Waals surface area contributed by atoms with Crippen molar-refractivity contribution in [3.8, 4) is 0 Å². The van der Waals surface area contributed by atoms with Crippen LogP contribution in [-0.2, 0) is 21.4 Å². The van der Waals surface area contributed by atoms with Crippen molar-refractivity contribution in [3.05, 3.63) is 35.4 Å². The normalized spacial score (nSPS) is 24.3. The molecule has 2 rings (SSSR count). The highest BCUT2D eigenvalue weighted by Crippen LogP contribution is 2.43. The van der Waals surface area contributed by atoms with E-state index in [1.807, 2.05) is 31.2 Å². The van der Waals surface area contributed by atoms with E-state index in [1.165, 1.54) is 5.56 Å². The summed E-state index contributed by atoms with van der Waals surface area (Å²) in [4.78, 5) is 11.9. The average molecular weight is 248 g/mol. The highest BCUT2D eigenvalue weighted by Gasteiger charge is 2.47. The lowest BCUT2D eigenvalue weighted by Crippen LogP contribution is -2.46. The number of fused-ring (bicyclic) bond motifs is 1. The molecular formula is C15H20O3. The molecule has 0 fully saturated rings. The van der Waals surface area contributed by atoms with Crippen LogP contribution in [0.3, 0.4) is 0 Å². The second-order valence-electron chi connectivity index (χ2n) is 5.14. The number of aliphatic carboxylic acids is 1. The highest BCUT2D eigenvalue weighted by atomic mass is 16.5. The van der Waals surface area contributed by atoms with Crippen LogP contribution in [0.5, 0.6) is 0 Å². The standard InChI is InChI=1S/C15H20O3/c1-11(10-18-2)15(14(16)17)9-5-7-12-6-3-4-8-13(12)15/h3-4,6,8,11H,5,7,9-10H2,1-2H3,(H,16,17). The molecule has 0 saturated carbocycles. The topological polar surface area (TPSA) is 46.5 Å². The first kappa shape index (κ1) is 13.1. The molecule has 3 heteroatoms. The molecular weight excluding hydrogens is 228 g/mol. The van der Waals surface area contributed by atoms with Crippen molar-refractivity contribution < 1.29 is 14.6 Å². The maximum absolute atomic E-state index is 11.9. The second kappa shape index (κ2) is 5.11. The maximum atomic E-state index is 11.9. The van der Waals surface area contributed by atoms with Gasteiger partial charge in [-0.2, -0.15) is 0 Å². The van der Waals surface area contributed by atoms with Gasteiger partial charge in [0.25, 0.3) is 0 Å². The van der Waals surface area contributed by atoms with E-state index in [0.29, 0.717) is 13.0 Å². The van der Waals surface area contributed by atoms with Crippen molar-refractivity contribution in [2.24, 2.45) is 5.92 Å². The van der Waals surface area contributed by atoms with Crippen molar-refractivity contribution in [3.63, 3.8) is 0 Å². The minimum Gasteiger partial charge on any atom is -0.481 e. The summed E-state index contributed by atoms with van der Waals surface area (Å²) in [5.74, 6) is -0.749. The van der Waals surface area contributed by atoms with Gasteiger partial charge in [-0.3, -0.25) is 4.79 Å². The summed E-state index contributed by atoms with van der Waals surface area (Å²) in [7, 11) is 1.63. The van der Waals surface area contributed by atoms with Gasteiger partial charge in [-0.25, -0.2) is 0 Å². The van der Waals surface area contributed by atoms with Crippen LogP contribution in [0.2, 0.25) is 0 Å². The number of methoxy groups -OCH3 is 1. The summed E-state index contributed by atoms with van der Waals surface area (Å²) in [6.07, 6.45) is 2.60. The number of carbonyl (C=O) groups is 1. The highest BCUT2D eigenvalue weighted by molar-refractivity contribution is 5.83. The first-order valence-electron chi connectivity index (χ1n) is 6.43. The Labute approximate surface area is 108 Å². The molecule has 1 aliphatic rings. The van der Waals surface area contributed by atoms with Crippen LogP contribution in [0.4, 0.5) is 0 Å². The Morgan fingerprint density at radius 1 is 1.50 bits per heavy atom. The predicted molar refractivity (Wildman–Crippen MR) is 69.7 cm³/mol. The van der Waals surface area contributed by atoms with E-state index in [-0.39, 0.29) is 5.92 Å². The summed E-state index contributed by atoms with van der Waals surface area (Å²) in [5, 5.41) is 9.78. The molecule has 2 atom stereocenters. The van der Waals surface area contributed by atoms with Gasteiger partial charge in [0.1, 0.15) is 0 Å². The third-order valence-corrected chi connectivity index (χ3v) is 4.15. The first-order chi connectivity index (χ1) is 8.63. The van der Waals surface area contributed by atoms with Gasteiger partial charge in [0, 0.05) is 7.11 Å². The Hall–Kier alpha value is -1.35. The monoisotopic (exact) mass is 248 g/mol. The molecule has 0 spiro atoms. The molecule has 0 aromatic heterocycles. The third-order valence-electron chi connectivity index (χ3n) is 4.15. The van der Waals surface area contributed by atoms with Gasteiger partial charge in [-0.1, -0.05) is 31.2 Å². The fourth-order valence-corrected chi connectivity index (χ4v) is 3.20. The van der Waals surface area contributed by atoms with E-state index in [2.05, 4.69) is 0 Å². The summed E-state index contributed by atoms with van der Waals surface area (Å²) in [6, 6.07) is 7.93. The van der Waals surface area contributed by atoms with Crippen molar-refractivity contribution in [1.82, 2.24) is 0 Å². The van der Waals surface area contributed by atoms with Gasteiger partial charge < -0.3 is 9.84 Å². The molecule has 98 valence electrons. The largest absolute Gasteiger partial charge is 0.481 e. The lowest BCUT2D eigenvalue weighted by atomic mass is 9.63. The molecule has 2 unspecified atom stereocenters. The Kier molecular flexibility index (Phi) is 3.71. The van der Waals surface area contributed by atoms with Gasteiger partial charge in [0.15, 0.2) is 0 Å². The molecule has 3 nitrogen and oxygen atoms in total. The number of carboxylic acids is 1. The Morgan fingerprint density at radius 2 is 2.22 bits per heavy atom. The van der Waals surface area contributed by atoms with Crippen LogP contribution in [0, 0.1) is 5.92 Å². The number of rotatable bonds is 4. The molecule has 0 radical (unpaired) electrons. The van der Waals surface area contributed by atoms with Crippen molar-refractivity contribution >= 4 is 5.97 Å². The van der Waals surface area contributed by atoms with Crippen LogP contribution < -0.4 is 0 Å². The molecule has 1 aromatic rings. The summed E-state index contributed by atoms with van der Waals surface area (Å²) in [5.41, 5.74) is 1.37. The van der Waals surface area contributed by atoms with E-state index in [9.17, 15) is 9.90 Å². The minimum atomic E-state index is -0.787. The number of ether oxygens (including phenoxy) is 1. The molecule has 18 heavy (non-hydrogen) atoms. The van der Waals surface area contributed by atoms with Crippen molar-refractivity contribution in [2.75, 3.05) is 13.7 Å². The number of carboxylic acid groups (broad SMARTS) is 1. The molecule has 0 heterocycles. The van der Waals surface area contributed by atoms with E-state index in [1.54, 1.807) is 7.11 Å². The van der Waals surface area contributed by atoms with Crippen LogP contribution in [0.25, 0.3) is 0 Å². The van der Waals surface area contributed by atoms with Crippen molar-refractivity contribution in [2.45, 2.75) is 31.6 Å². The zero-order chi connectivity index (χ0) is 13.2. The quantitative estimate of drug-likeness (QED) is 0.891. The van der Waals surface area contributed by atoms with Crippen molar-refractivity contribution in [1.29, 1.82) is 0 Å². The summed E-state index contributed by atoms with van der Waals surface area (Å²) >= 11 is 0. The number of benzene rings is 1. The Balaban J connectivity index is 2.52. The number of aryl methyl sites for hydroxylation is 1. The Bertz CT molecular complexity index is 441. The zero-order valence-corrected chi connectivity index (χ0v) is 11.0. The molecule has 1 aliphatic carbocycles. The molecule has 0 saturated heterocycles. The van der Waals surface area contributed by atoms with E-state index >= 15 is 0 Å². The molecule has 1 aromatic carbocycles. The molecule has 0 amide bonds. The third kappa shape index (κ3) is 1.93.